The molecule has 2 heterocycles. The third-order valence-electron chi connectivity index (χ3n) is 5.35. The molecule has 0 aliphatic carbocycles. The van der Waals surface area contributed by atoms with E-state index in [0.717, 1.165) is 39.0 Å². The van der Waals surface area contributed by atoms with Crippen LogP contribution in [0, 0.1) is 5.41 Å². The average Bonchev–Trinajstić information content (AvgIpc) is 2.83. The summed E-state index contributed by atoms with van der Waals surface area (Å²) >= 11 is 0. The second-order valence-corrected chi connectivity index (χ2v) is 7.06. The van der Waals surface area contributed by atoms with E-state index in [-0.39, 0.29) is 5.41 Å². The summed E-state index contributed by atoms with van der Waals surface area (Å²) in [6.45, 7) is 9.48. The van der Waals surface area contributed by atoms with Crippen molar-refractivity contribution in [3.8, 4) is 0 Å². The summed E-state index contributed by atoms with van der Waals surface area (Å²) in [5, 5.41) is 0. The van der Waals surface area contributed by atoms with Gasteiger partial charge in [0.25, 0.3) is 0 Å². The van der Waals surface area contributed by atoms with Gasteiger partial charge in [0, 0.05) is 31.5 Å². The smallest absolute Gasteiger partial charge is 0.222 e. The molecule has 1 saturated heterocycles. The van der Waals surface area contributed by atoms with Crippen LogP contribution >= 0.6 is 0 Å². The van der Waals surface area contributed by atoms with Gasteiger partial charge in [-0.3, -0.25) is 4.79 Å². The Morgan fingerprint density at radius 2 is 1.95 bits per heavy atom. The highest BCUT2D eigenvalue weighted by atomic mass is 16.2. The lowest BCUT2D eigenvalue weighted by molar-refractivity contribution is -0.133. The average molecular weight is 300 g/mol. The molecule has 0 bridgehead atoms. The fourth-order valence-electron chi connectivity index (χ4n) is 4.13. The number of carbonyl (C=O) groups is 1. The Bertz CT molecular complexity index is 542. The quantitative estimate of drug-likeness (QED) is 0.856. The van der Waals surface area contributed by atoms with E-state index < -0.39 is 0 Å². The number of amides is 1. The largest absolute Gasteiger partial charge is 0.338 e. The first-order valence-corrected chi connectivity index (χ1v) is 8.73. The minimum atomic E-state index is 0.256. The maximum atomic E-state index is 12.6. The van der Waals surface area contributed by atoms with Gasteiger partial charge >= 0.3 is 0 Å². The molecule has 1 amide bonds. The first-order valence-electron chi connectivity index (χ1n) is 8.73. The number of nitrogens with zero attached hydrogens (tertiary/aromatic N) is 2. The summed E-state index contributed by atoms with van der Waals surface area (Å²) in [6.07, 6.45) is 3.95. The molecule has 2 aliphatic rings. The standard InChI is InChI=1S/C19H28N2O/c1-3-7-18(22)21-13-17-9-6-5-8-16(17)12-19(15-21)10-11-20(4-2)14-19/h5-6,8-9H,3-4,7,10-15H2,1-2H3. The van der Waals surface area contributed by atoms with Crippen LogP contribution in [0.25, 0.3) is 0 Å². The summed E-state index contributed by atoms with van der Waals surface area (Å²) in [4.78, 5) is 17.2. The Kier molecular flexibility index (Phi) is 4.53. The molecule has 1 spiro atoms. The zero-order valence-electron chi connectivity index (χ0n) is 14.0. The number of hydrogen-bond acceptors (Lipinski definition) is 2. The molecule has 0 N–H and O–H groups in total. The molecule has 0 aromatic heterocycles. The summed E-state index contributed by atoms with van der Waals surface area (Å²) in [6, 6.07) is 8.71. The summed E-state index contributed by atoms with van der Waals surface area (Å²) in [5.41, 5.74) is 3.05. The highest BCUT2D eigenvalue weighted by molar-refractivity contribution is 5.76. The second kappa shape index (κ2) is 6.41. The van der Waals surface area contributed by atoms with Crippen LogP contribution in [0.2, 0.25) is 0 Å². The Labute approximate surface area is 134 Å². The van der Waals surface area contributed by atoms with Crippen LogP contribution in [0.4, 0.5) is 0 Å². The Balaban J connectivity index is 1.90. The number of likely N-dealkylation sites (tertiary alicyclic amines) is 1. The molecule has 0 radical (unpaired) electrons. The molecule has 1 unspecified atom stereocenters. The first kappa shape index (κ1) is 15.5. The van der Waals surface area contributed by atoms with E-state index in [1.807, 2.05) is 0 Å². The molecule has 1 atom stereocenters. The van der Waals surface area contributed by atoms with E-state index in [0.29, 0.717) is 12.3 Å². The van der Waals surface area contributed by atoms with Crippen molar-refractivity contribution in [3.63, 3.8) is 0 Å². The molecule has 3 heteroatoms. The van der Waals surface area contributed by atoms with Gasteiger partial charge in [0.2, 0.25) is 5.91 Å². The zero-order chi connectivity index (χ0) is 15.6. The molecule has 2 aliphatic heterocycles. The molecule has 1 aromatic rings. The molecule has 120 valence electrons. The first-order chi connectivity index (χ1) is 10.7. The van der Waals surface area contributed by atoms with Crippen molar-refractivity contribution < 1.29 is 4.79 Å². The lowest BCUT2D eigenvalue weighted by Crippen LogP contribution is -2.41. The van der Waals surface area contributed by atoms with Crippen molar-refractivity contribution in [3.05, 3.63) is 35.4 Å². The Morgan fingerprint density at radius 1 is 1.18 bits per heavy atom. The van der Waals surface area contributed by atoms with Crippen molar-refractivity contribution in [2.45, 2.75) is 46.1 Å². The number of benzene rings is 1. The van der Waals surface area contributed by atoms with E-state index in [9.17, 15) is 4.79 Å². The van der Waals surface area contributed by atoms with Crippen molar-refractivity contribution in [2.75, 3.05) is 26.2 Å². The van der Waals surface area contributed by atoms with Crippen LogP contribution in [-0.2, 0) is 17.8 Å². The van der Waals surface area contributed by atoms with Gasteiger partial charge in [0.1, 0.15) is 0 Å². The minimum Gasteiger partial charge on any atom is -0.338 e. The molecule has 3 nitrogen and oxygen atoms in total. The van der Waals surface area contributed by atoms with E-state index >= 15 is 0 Å². The fourth-order valence-corrected chi connectivity index (χ4v) is 4.13. The summed E-state index contributed by atoms with van der Waals surface area (Å²) in [5.74, 6) is 0.327. The monoisotopic (exact) mass is 300 g/mol. The number of fused-ring (bicyclic) bond motifs is 1. The van der Waals surface area contributed by atoms with Crippen molar-refractivity contribution >= 4 is 5.91 Å². The topological polar surface area (TPSA) is 23.6 Å². The van der Waals surface area contributed by atoms with Gasteiger partial charge in [-0.2, -0.15) is 0 Å². The predicted molar refractivity (Wildman–Crippen MR) is 89.6 cm³/mol. The van der Waals surface area contributed by atoms with E-state index in [2.05, 4.69) is 47.9 Å². The molecule has 22 heavy (non-hydrogen) atoms. The van der Waals surface area contributed by atoms with Crippen LogP contribution in [-0.4, -0.2) is 41.9 Å². The third-order valence-corrected chi connectivity index (χ3v) is 5.35. The molecular formula is C19H28N2O. The zero-order valence-corrected chi connectivity index (χ0v) is 14.0. The SMILES string of the molecule is CCCC(=O)N1Cc2ccccc2CC2(CCN(CC)C2)C1. The fraction of sp³-hybridized carbons (Fsp3) is 0.632. The number of hydrogen-bond donors (Lipinski definition) is 0. The van der Waals surface area contributed by atoms with Crippen molar-refractivity contribution in [1.29, 1.82) is 0 Å². The van der Waals surface area contributed by atoms with Crippen LogP contribution in [0.3, 0.4) is 0 Å². The predicted octanol–water partition coefficient (Wildman–Crippen LogP) is 3.08. The van der Waals surface area contributed by atoms with Crippen LogP contribution in [0.1, 0.15) is 44.2 Å². The molecule has 0 saturated carbocycles. The van der Waals surface area contributed by atoms with E-state index in [1.165, 1.54) is 24.1 Å². The van der Waals surface area contributed by atoms with Crippen molar-refractivity contribution in [1.82, 2.24) is 9.80 Å². The third kappa shape index (κ3) is 3.05. The maximum Gasteiger partial charge on any atom is 0.222 e. The summed E-state index contributed by atoms with van der Waals surface area (Å²) < 4.78 is 0. The Hall–Kier alpha value is -1.35. The number of carbonyl (C=O) groups excluding carboxylic acids is 1. The van der Waals surface area contributed by atoms with Gasteiger partial charge in [-0.15, -0.1) is 0 Å². The molecule has 3 rings (SSSR count). The molecule has 1 fully saturated rings. The highest BCUT2D eigenvalue weighted by Gasteiger charge is 2.41. The van der Waals surface area contributed by atoms with Crippen LogP contribution in [0.15, 0.2) is 24.3 Å². The van der Waals surface area contributed by atoms with Crippen molar-refractivity contribution in [2.24, 2.45) is 5.41 Å². The van der Waals surface area contributed by atoms with Gasteiger partial charge in [-0.05, 0) is 43.5 Å². The van der Waals surface area contributed by atoms with Gasteiger partial charge < -0.3 is 9.80 Å². The highest BCUT2D eigenvalue weighted by Crippen LogP contribution is 2.38. The molecule has 1 aromatic carbocycles. The van der Waals surface area contributed by atoms with Gasteiger partial charge in [0.15, 0.2) is 0 Å². The normalized spacial score (nSPS) is 25.3. The van der Waals surface area contributed by atoms with Crippen LogP contribution in [0.5, 0.6) is 0 Å². The maximum absolute atomic E-state index is 12.6. The lowest BCUT2D eigenvalue weighted by atomic mass is 9.80. The Morgan fingerprint density at radius 3 is 2.64 bits per heavy atom. The lowest BCUT2D eigenvalue weighted by Gasteiger charge is -2.33. The van der Waals surface area contributed by atoms with Crippen LogP contribution < -0.4 is 0 Å². The van der Waals surface area contributed by atoms with E-state index in [4.69, 9.17) is 0 Å². The second-order valence-electron chi connectivity index (χ2n) is 7.06. The summed E-state index contributed by atoms with van der Waals surface area (Å²) in [7, 11) is 0. The van der Waals surface area contributed by atoms with E-state index in [1.54, 1.807) is 0 Å². The minimum absolute atomic E-state index is 0.256. The molecular weight excluding hydrogens is 272 g/mol. The van der Waals surface area contributed by atoms with Gasteiger partial charge in [-0.1, -0.05) is 38.1 Å². The van der Waals surface area contributed by atoms with Gasteiger partial charge in [-0.25, -0.2) is 0 Å². The number of rotatable bonds is 3. The van der Waals surface area contributed by atoms with Gasteiger partial charge in [0.05, 0.1) is 0 Å².